The summed E-state index contributed by atoms with van der Waals surface area (Å²) in [5.41, 5.74) is 1.13. The molecular formula is C15H20ClN3O2. The van der Waals surface area contributed by atoms with E-state index in [-0.39, 0.29) is 6.61 Å². The highest BCUT2D eigenvalue weighted by atomic mass is 35.5. The van der Waals surface area contributed by atoms with Crippen molar-refractivity contribution in [3.63, 3.8) is 0 Å². The van der Waals surface area contributed by atoms with Crippen LogP contribution in [-0.2, 0) is 19.6 Å². The summed E-state index contributed by atoms with van der Waals surface area (Å²) in [6, 6.07) is 5.77. The summed E-state index contributed by atoms with van der Waals surface area (Å²) in [5, 5.41) is 11.7. The minimum absolute atomic E-state index is 0.222. The summed E-state index contributed by atoms with van der Waals surface area (Å²) in [6.45, 7) is 6.11. The molecule has 1 aromatic heterocycles. The number of ether oxygens (including phenoxy) is 1. The van der Waals surface area contributed by atoms with Crippen LogP contribution in [0.5, 0.6) is 5.75 Å². The van der Waals surface area contributed by atoms with Crippen molar-refractivity contribution >= 4 is 11.6 Å². The lowest BCUT2D eigenvalue weighted by Gasteiger charge is -2.08. The number of rotatable bonds is 8. The molecule has 21 heavy (non-hydrogen) atoms. The van der Waals surface area contributed by atoms with Gasteiger partial charge in [0.1, 0.15) is 5.75 Å². The third kappa shape index (κ3) is 4.72. The molecule has 0 aliphatic heterocycles. The van der Waals surface area contributed by atoms with Crippen LogP contribution in [0.4, 0.5) is 0 Å². The zero-order valence-corrected chi connectivity index (χ0v) is 13.1. The second kappa shape index (κ2) is 8.00. The van der Waals surface area contributed by atoms with Gasteiger partial charge in [-0.25, -0.2) is 0 Å². The quantitative estimate of drug-likeness (QED) is 0.758. The molecule has 1 aromatic carbocycles. The second-order valence-corrected chi connectivity index (χ2v) is 5.08. The monoisotopic (exact) mass is 309 g/mol. The lowest BCUT2D eigenvalue weighted by molar-refractivity contribution is 0.259. The molecule has 1 heterocycles. The average molecular weight is 310 g/mol. The van der Waals surface area contributed by atoms with Gasteiger partial charge in [0.05, 0.1) is 5.02 Å². The molecule has 5 nitrogen and oxygen atoms in total. The number of halogens is 1. The Morgan fingerprint density at radius 1 is 1.24 bits per heavy atom. The van der Waals surface area contributed by atoms with Crippen molar-refractivity contribution in [2.45, 2.75) is 39.8 Å². The van der Waals surface area contributed by atoms with E-state index >= 15 is 0 Å². The molecule has 1 N–H and O–H groups in total. The molecule has 0 saturated heterocycles. The number of aryl methyl sites for hydroxylation is 1. The smallest absolute Gasteiger partial charge is 0.253 e. The Balaban J connectivity index is 1.91. The molecule has 6 heteroatoms. The lowest BCUT2D eigenvalue weighted by Crippen LogP contribution is -2.13. The predicted molar refractivity (Wildman–Crippen MR) is 81.5 cm³/mol. The Kier molecular flexibility index (Phi) is 6.02. The summed E-state index contributed by atoms with van der Waals surface area (Å²) in [6.07, 6.45) is 1.83. The van der Waals surface area contributed by atoms with E-state index < -0.39 is 0 Å². The van der Waals surface area contributed by atoms with Crippen molar-refractivity contribution in [2.24, 2.45) is 0 Å². The maximum absolute atomic E-state index is 6.22. The molecule has 2 aromatic rings. The van der Waals surface area contributed by atoms with Crippen molar-refractivity contribution in [1.29, 1.82) is 0 Å². The molecule has 0 aliphatic carbocycles. The van der Waals surface area contributed by atoms with Crippen LogP contribution in [0.25, 0.3) is 0 Å². The molecule has 0 radical (unpaired) electrons. The largest absolute Gasteiger partial charge is 0.482 e. The number of hydrogen-bond donors (Lipinski definition) is 1. The van der Waals surface area contributed by atoms with E-state index in [9.17, 15) is 0 Å². The minimum Gasteiger partial charge on any atom is -0.482 e. The van der Waals surface area contributed by atoms with Gasteiger partial charge in [-0.15, -0.1) is 10.2 Å². The third-order valence-electron chi connectivity index (χ3n) is 2.91. The van der Waals surface area contributed by atoms with Gasteiger partial charge in [0.25, 0.3) is 5.89 Å². The minimum atomic E-state index is 0.222. The number of benzene rings is 1. The molecule has 0 amide bonds. The summed E-state index contributed by atoms with van der Waals surface area (Å²) >= 11 is 6.22. The molecule has 114 valence electrons. The van der Waals surface area contributed by atoms with Crippen LogP contribution in [0.15, 0.2) is 22.6 Å². The van der Waals surface area contributed by atoms with E-state index in [4.69, 9.17) is 20.8 Å². The molecule has 0 saturated carbocycles. The maximum atomic E-state index is 6.22. The first-order valence-electron chi connectivity index (χ1n) is 7.16. The topological polar surface area (TPSA) is 60.2 Å². The van der Waals surface area contributed by atoms with Crippen molar-refractivity contribution in [3.05, 3.63) is 40.6 Å². The fourth-order valence-electron chi connectivity index (χ4n) is 1.81. The SMILES string of the molecule is CCCNCc1ccc(OCc2nnc(CC)o2)c(Cl)c1. The van der Waals surface area contributed by atoms with Gasteiger partial charge in [0, 0.05) is 13.0 Å². The van der Waals surface area contributed by atoms with Crippen LogP contribution in [-0.4, -0.2) is 16.7 Å². The lowest BCUT2D eigenvalue weighted by atomic mass is 10.2. The number of hydrogen-bond acceptors (Lipinski definition) is 5. The number of aromatic nitrogens is 2. The van der Waals surface area contributed by atoms with Gasteiger partial charge >= 0.3 is 0 Å². The summed E-state index contributed by atoms with van der Waals surface area (Å²) < 4.78 is 11.0. The van der Waals surface area contributed by atoms with Crippen molar-refractivity contribution in [2.75, 3.05) is 6.54 Å². The van der Waals surface area contributed by atoms with Gasteiger partial charge in [-0.2, -0.15) is 0 Å². The number of nitrogens with zero attached hydrogens (tertiary/aromatic N) is 2. The second-order valence-electron chi connectivity index (χ2n) is 4.67. The molecule has 0 spiro atoms. The molecule has 0 aliphatic rings. The first kappa shape index (κ1) is 15.8. The third-order valence-corrected chi connectivity index (χ3v) is 3.21. The first-order chi connectivity index (χ1) is 10.2. The van der Waals surface area contributed by atoms with E-state index in [1.807, 2.05) is 25.1 Å². The Morgan fingerprint density at radius 3 is 2.71 bits per heavy atom. The van der Waals surface area contributed by atoms with E-state index in [1.165, 1.54) is 0 Å². The molecular weight excluding hydrogens is 290 g/mol. The van der Waals surface area contributed by atoms with Crippen molar-refractivity contribution in [3.8, 4) is 5.75 Å². The zero-order valence-electron chi connectivity index (χ0n) is 12.4. The molecule has 0 atom stereocenters. The molecule has 0 fully saturated rings. The van der Waals surface area contributed by atoms with Crippen LogP contribution in [0.2, 0.25) is 5.02 Å². The number of nitrogens with one attached hydrogen (secondary N) is 1. The molecule has 0 unspecified atom stereocenters. The molecule has 2 rings (SSSR count). The van der Waals surface area contributed by atoms with E-state index in [0.717, 1.165) is 25.1 Å². The van der Waals surface area contributed by atoms with Gasteiger partial charge in [-0.05, 0) is 30.7 Å². The van der Waals surface area contributed by atoms with Gasteiger partial charge in [0.15, 0.2) is 6.61 Å². The van der Waals surface area contributed by atoms with Crippen LogP contribution < -0.4 is 10.1 Å². The normalized spacial score (nSPS) is 10.8. The van der Waals surface area contributed by atoms with E-state index in [0.29, 0.717) is 29.0 Å². The van der Waals surface area contributed by atoms with Gasteiger partial charge in [0.2, 0.25) is 5.89 Å². The maximum Gasteiger partial charge on any atom is 0.253 e. The Bertz CT molecular complexity index is 572. The highest BCUT2D eigenvalue weighted by molar-refractivity contribution is 6.32. The fourth-order valence-corrected chi connectivity index (χ4v) is 2.07. The highest BCUT2D eigenvalue weighted by Crippen LogP contribution is 2.26. The Hall–Kier alpha value is -1.59. The first-order valence-corrected chi connectivity index (χ1v) is 7.54. The summed E-state index contributed by atoms with van der Waals surface area (Å²) in [7, 11) is 0. The van der Waals surface area contributed by atoms with Crippen LogP contribution in [0.1, 0.15) is 37.6 Å². The molecule has 0 bridgehead atoms. The Morgan fingerprint density at radius 2 is 2.05 bits per heavy atom. The van der Waals surface area contributed by atoms with Crippen LogP contribution >= 0.6 is 11.6 Å². The van der Waals surface area contributed by atoms with Crippen LogP contribution in [0.3, 0.4) is 0 Å². The average Bonchev–Trinajstić information content (AvgIpc) is 2.95. The summed E-state index contributed by atoms with van der Waals surface area (Å²) in [5.74, 6) is 1.68. The van der Waals surface area contributed by atoms with Gasteiger partial charge in [-0.3, -0.25) is 0 Å². The summed E-state index contributed by atoms with van der Waals surface area (Å²) in [4.78, 5) is 0. The van der Waals surface area contributed by atoms with Gasteiger partial charge in [-0.1, -0.05) is 31.5 Å². The Labute approximate surface area is 129 Å². The van der Waals surface area contributed by atoms with E-state index in [2.05, 4.69) is 22.4 Å². The van der Waals surface area contributed by atoms with Crippen LogP contribution in [0, 0.1) is 0 Å². The fraction of sp³-hybridized carbons (Fsp3) is 0.467. The van der Waals surface area contributed by atoms with Crippen molar-refractivity contribution < 1.29 is 9.15 Å². The van der Waals surface area contributed by atoms with Gasteiger partial charge < -0.3 is 14.5 Å². The standard InChI is InChI=1S/C15H20ClN3O2/c1-3-7-17-9-11-5-6-13(12(16)8-11)20-10-15-19-18-14(4-2)21-15/h5-6,8,17H,3-4,7,9-10H2,1-2H3. The van der Waals surface area contributed by atoms with E-state index in [1.54, 1.807) is 0 Å². The zero-order chi connectivity index (χ0) is 15.1. The predicted octanol–water partition coefficient (Wildman–Crippen LogP) is 3.36. The van der Waals surface area contributed by atoms with Crippen molar-refractivity contribution in [1.82, 2.24) is 15.5 Å². The highest BCUT2D eigenvalue weighted by Gasteiger charge is 2.08.